The van der Waals surface area contributed by atoms with Crippen LogP contribution in [-0.2, 0) is 10.0 Å². The molecule has 0 bridgehead atoms. The number of amides is 1. The third kappa shape index (κ3) is 4.96. The minimum absolute atomic E-state index is 0.0953. The Morgan fingerprint density at radius 3 is 2.44 bits per heavy atom. The summed E-state index contributed by atoms with van der Waals surface area (Å²) in [5, 5.41) is 2.72. The molecule has 6 nitrogen and oxygen atoms in total. The predicted molar refractivity (Wildman–Crippen MR) is 101 cm³/mol. The number of ether oxygens (including phenoxy) is 1. The maximum atomic E-state index is 12.7. The van der Waals surface area contributed by atoms with Crippen LogP contribution >= 0.6 is 15.9 Å². The Bertz CT molecular complexity index is 851. The summed E-state index contributed by atoms with van der Waals surface area (Å²) < 4.78 is 33.9. The van der Waals surface area contributed by atoms with Gasteiger partial charge in [0.15, 0.2) is 0 Å². The molecular formula is C17H19BrN2O4S. The van der Waals surface area contributed by atoms with E-state index in [4.69, 9.17) is 4.74 Å². The summed E-state index contributed by atoms with van der Waals surface area (Å²) in [4.78, 5) is 12.0. The molecule has 0 aliphatic carbocycles. The summed E-state index contributed by atoms with van der Waals surface area (Å²) in [6, 6.07) is 11.0. The van der Waals surface area contributed by atoms with E-state index >= 15 is 0 Å². The summed E-state index contributed by atoms with van der Waals surface area (Å²) in [6.45, 7) is 2.45. The van der Waals surface area contributed by atoms with Crippen LogP contribution in [0.3, 0.4) is 0 Å². The average molecular weight is 427 g/mol. The zero-order valence-corrected chi connectivity index (χ0v) is 16.3. The first-order valence-electron chi connectivity index (χ1n) is 7.62. The quantitative estimate of drug-likeness (QED) is 0.710. The molecule has 0 aromatic heterocycles. The number of hydrogen-bond donors (Lipinski definition) is 2. The number of anilines is 1. The molecule has 0 radical (unpaired) electrons. The lowest BCUT2D eigenvalue weighted by Crippen LogP contribution is -2.24. The Labute approximate surface area is 155 Å². The third-order valence-electron chi connectivity index (χ3n) is 3.35. The van der Waals surface area contributed by atoms with Crippen LogP contribution in [0.4, 0.5) is 5.69 Å². The van der Waals surface area contributed by atoms with Gasteiger partial charge >= 0.3 is 0 Å². The zero-order chi connectivity index (χ0) is 18.4. The Morgan fingerprint density at radius 1 is 1.16 bits per heavy atom. The molecule has 2 aromatic carbocycles. The molecular weight excluding hydrogens is 408 g/mol. The predicted octanol–water partition coefficient (Wildman–Crippen LogP) is 3.40. The van der Waals surface area contributed by atoms with Crippen LogP contribution in [0.2, 0.25) is 0 Å². The van der Waals surface area contributed by atoms with E-state index in [0.29, 0.717) is 12.2 Å². The van der Waals surface area contributed by atoms with Crippen molar-refractivity contribution in [3.8, 4) is 5.75 Å². The highest BCUT2D eigenvalue weighted by molar-refractivity contribution is 9.10. The van der Waals surface area contributed by atoms with Gasteiger partial charge in [-0.25, -0.2) is 8.42 Å². The maximum absolute atomic E-state index is 12.7. The van der Waals surface area contributed by atoms with Crippen molar-refractivity contribution in [1.29, 1.82) is 0 Å². The summed E-state index contributed by atoms with van der Waals surface area (Å²) in [6.07, 6.45) is 0.790. The second-order valence-corrected chi connectivity index (χ2v) is 7.80. The van der Waals surface area contributed by atoms with Gasteiger partial charge < -0.3 is 10.1 Å². The molecule has 2 aromatic rings. The molecule has 0 spiro atoms. The minimum atomic E-state index is -3.92. The molecule has 0 aliphatic rings. The van der Waals surface area contributed by atoms with Gasteiger partial charge in [0.05, 0.1) is 7.11 Å². The standard InChI is InChI=1S/C17H19BrN2O4S/c1-3-10-19-17(21)12-4-9-15(24-2)16(11-12)25(22,23)20-14-7-5-13(18)6-8-14/h4-9,11,20H,3,10H2,1-2H3,(H,19,21). The molecule has 0 heterocycles. The van der Waals surface area contributed by atoms with Gasteiger partial charge in [0, 0.05) is 22.3 Å². The van der Waals surface area contributed by atoms with E-state index in [2.05, 4.69) is 26.0 Å². The van der Waals surface area contributed by atoms with Crippen LogP contribution in [0, 0.1) is 0 Å². The first kappa shape index (κ1) is 19.3. The fraction of sp³-hybridized carbons (Fsp3) is 0.235. The van der Waals surface area contributed by atoms with Crippen molar-refractivity contribution in [2.75, 3.05) is 18.4 Å². The average Bonchev–Trinajstić information content (AvgIpc) is 2.60. The lowest BCUT2D eigenvalue weighted by atomic mass is 10.2. The van der Waals surface area contributed by atoms with Gasteiger partial charge in [-0.3, -0.25) is 9.52 Å². The van der Waals surface area contributed by atoms with E-state index in [1.165, 1.54) is 25.3 Å². The normalized spacial score (nSPS) is 11.0. The van der Waals surface area contributed by atoms with Crippen LogP contribution in [-0.4, -0.2) is 28.0 Å². The second-order valence-electron chi connectivity index (χ2n) is 5.23. The molecule has 1 amide bonds. The van der Waals surface area contributed by atoms with Gasteiger partial charge in [-0.2, -0.15) is 0 Å². The fourth-order valence-corrected chi connectivity index (χ4v) is 3.62. The smallest absolute Gasteiger partial charge is 0.265 e. The van der Waals surface area contributed by atoms with Crippen molar-refractivity contribution in [3.05, 3.63) is 52.5 Å². The van der Waals surface area contributed by atoms with Crippen LogP contribution < -0.4 is 14.8 Å². The van der Waals surface area contributed by atoms with Gasteiger partial charge in [-0.15, -0.1) is 0 Å². The first-order chi connectivity index (χ1) is 11.9. The fourth-order valence-electron chi connectivity index (χ4n) is 2.10. The Hall–Kier alpha value is -2.06. The van der Waals surface area contributed by atoms with Crippen LogP contribution in [0.25, 0.3) is 0 Å². The van der Waals surface area contributed by atoms with Gasteiger partial charge in [-0.1, -0.05) is 22.9 Å². The highest BCUT2D eigenvalue weighted by Gasteiger charge is 2.22. The molecule has 0 fully saturated rings. The highest BCUT2D eigenvalue weighted by Crippen LogP contribution is 2.27. The molecule has 0 atom stereocenters. The van der Waals surface area contributed by atoms with Crippen molar-refractivity contribution in [3.63, 3.8) is 0 Å². The second kappa shape index (κ2) is 8.35. The number of rotatable bonds is 7. The Kier molecular flexibility index (Phi) is 6.44. The van der Waals surface area contributed by atoms with Crippen molar-refractivity contribution in [2.24, 2.45) is 0 Å². The number of nitrogens with one attached hydrogen (secondary N) is 2. The monoisotopic (exact) mass is 426 g/mol. The molecule has 2 rings (SSSR count). The molecule has 8 heteroatoms. The highest BCUT2D eigenvalue weighted by atomic mass is 79.9. The number of hydrogen-bond acceptors (Lipinski definition) is 4. The summed E-state index contributed by atoms with van der Waals surface area (Å²) >= 11 is 3.30. The minimum Gasteiger partial charge on any atom is -0.495 e. The molecule has 134 valence electrons. The van der Waals surface area contributed by atoms with E-state index in [9.17, 15) is 13.2 Å². The third-order valence-corrected chi connectivity index (χ3v) is 5.28. The molecule has 0 aliphatic heterocycles. The SMILES string of the molecule is CCCNC(=O)c1ccc(OC)c(S(=O)(=O)Nc2ccc(Br)cc2)c1. The van der Waals surface area contributed by atoms with Crippen molar-refractivity contribution >= 4 is 37.5 Å². The van der Waals surface area contributed by atoms with Crippen LogP contribution in [0.15, 0.2) is 51.8 Å². The van der Waals surface area contributed by atoms with E-state index < -0.39 is 10.0 Å². The molecule has 0 saturated carbocycles. The van der Waals surface area contributed by atoms with Gasteiger partial charge in [0.1, 0.15) is 10.6 Å². The van der Waals surface area contributed by atoms with E-state index in [-0.39, 0.29) is 22.1 Å². The largest absolute Gasteiger partial charge is 0.495 e. The number of halogens is 1. The molecule has 0 saturated heterocycles. The van der Waals surface area contributed by atoms with Gasteiger partial charge in [0.2, 0.25) is 0 Å². The number of carbonyl (C=O) groups is 1. The number of methoxy groups -OCH3 is 1. The van der Waals surface area contributed by atoms with Crippen molar-refractivity contribution in [2.45, 2.75) is 18.2 Å². The van der Waals surface area contributed by atoms with E-state index in [1.807, 2.05) is 6.92 Å². The first-order valence-corrected chi connectivity index (χ1v) is 9.89. The summed E-state index contributed by atoms with van der Waals surface area (Å²) in [5.41, 5.74) is 0.663. The number of carbonyl (C=O) groups excluding carboxylic acids is 1. The van der Waals surface area contributed by atoms with Gasteiger partial charge in [-0.05, 0) is 48.9 Å². The zero-order valence-electron chi connectivity index (χ0n) is 13.9. The summed E-state index contributed by atoms with van der Waals surface area (Å²) in [5.74, 6) is -0.166. The van der Waals surface area contributed by atoms with Crippen molar-refractivity contribution < 1.29 is 17.9 Å². The lowest BCUT2D eigenvalue weighted by molar-refractivity contribution is 0.0953. The van der Waals surface area contributed by atoms with Crippen molar-refractivity contribution in [1.82, 2.24) is 5.32 Å². The molecule has 0 unspecified atom stereocenters. The van der Waals surface area contributed by atoms with Gasteiger partial charge in [0.25, 0.3) is 15.9 Å². The van der Waals surface area contributed by atoms with Crippen LogP contribution in [0.1, 0.15) is 23.7 Å². The Balaban J connectivity index is 2.37. The van der Waals surface area contributed by atoms with E-state index in [1.54, 1.807) is 24.3 Å². The maximum Gasteiger partial charge on any atom is 0.265 e. The Morgan fingerprint density at radius 2 is 1.84 bits per heavy atom. The van der Waals surface area contributed by atoms with Crippen LogP contribution in [0.5, 0.6) is 5.75 Å². The number of benzene rings is 2. The molecule has 2 N–H and O–H groups in total. The topological polar surface area (TPSA) is 84.5 Å². The number of sulfonamides is 1. The molecule has 25 heavy (non-hydrogen) atoms. The lowest BCUT2D eigenvalue weighted by Gasteiger charge is -2.13. The van der Waals surface area contributed by atoms with E-state index in [0.717, 1.165) is 10.9 Å². The summed E-state index contributed by atoms with van der Waals surface area (Å²) in [7, 11) is -2.54.